The number of piperazine rings is 1. The van der Waals surface area contributed by atoms with E-state index < -0.39 is 5.60 Å². The molecule has 0 amide bonds. The van der Waals surface area contributed by atoms with Gasteiger partial charge in [0.1, 0.15) is 24.2 Å². The van der Waals surface area contributed by atoms with Gasteiger partial charge in [0.05, 0.1) is 35.3 Å². The SMILES string of the molecule is Cc1c(CN2C3CC2CN(c2ccc(-c4cc(OCCN5CC6CC6(O)C5)cn5ncc(C#N)c45)cn2)C3)cnn1C. The highest BCUT2D eigenvalue weighted by atomic mass is 16.5. The fraction of sp³-hybridized carbons (Fsp3) is 0.484. The molecule has 4 unspecified atom stereocenters. The van der Waals surface area contributed by atoms with Crippen LogP contribution >= 0.6 is 0 Å². The van der Waals surface area contributed by atoms with Crippen LogP contribution in [0.2, 0.25) is 0 Å². The number of pyridine rings is 2. The zero-order valence-corrected chi connectivity index (χ0v) is 24.0. The molecule has 0 aromatic carbocycles. The lowest BCUT2D eigenvalue weighted by atomic mass is 9.87. The lowest BCUT2D eigenvalue weighted by Crippen LogP contribution is -2.68. The van der Waals surface area contributed by atoms with Crippen molar-refractivity contribution in [1.29, 1.82) is 5.26 Å². The summed E-state index contributed by atoms with van der Waals surface area (Å²) in [5.41, 5.74) is 5.15. The highest BCUT2D eigenvalue weighted by Crippen LogP contribution is 2.49. The first-order chi connectivity index (χ1) is 20.4. The van der Waals surface area contributed by atoms with Gasteiger partial charge in [-0.1, -0.05) is 0 Å². The summed E-state index contributed by atoms with van der Waals surface area (Å²) >= 11 is 0. The average Bonchev–Trinajstić information content (AvgIpc) is 3.27. The van der Waals surface area contributed by atoms with Crippen LogP contribution in [0.4, 0.5) is 5.82 Å². The number of likely N-dealkylation sites (tertiary alicyclic amines) is 1. The van der Waals surface area contributed by atoms with E-state index in [2.05, 4.69) is 50.0 Å². The molecule has 1 aliphatic carbocycles. The van der Waals surface area contributed by atoms with E-state index in [0.717, 1.165) is 68.2 Å². The standard InChI is InChI=1S/C31H35N9O2/c1-20-23(13-34-36(20)2)14-39-25-7-26(39)17-38(16-25)29-4-3-21(11-33-29)28-8-27(18-40-30(28)22(10-32)12-35-40)42-6-5-37-15-24-9-31(24,41)19-37/h3-4,8,11-13,18,24-26,41H,5-7,9,14-17,19H2,1-2H3. The summed E-state index contributed by atoms with van der Waals surface area (Å²) in [6, 6.07) is 9.49. The Morgan fingerprint density at radius 1 is 1.14 bits per heavy atom. The van der Waals surface area contributed by atoms with Gasteiger partial charge in [-0.25, -0.2) is 9.50 Å². The molecular formula is C31H35N9O2. The quantitative estimate of drug-likeness (QED) is 0.344. The number of fused-ring (bicyclic) bond motifs is 4. The van der Waals surface area contributed by atoms with Crippen molar-refractivity contribution in [3.05, 3.63) is 59.8 Å². The monoisotopic (exact) mass is 565 g/mol. The molecule has 4 saturated heterocycles. The van der Waals surface area contributed by atoms with E-state index in [9.17, 15) is 10.4 Å². The van der Waals surface area contributed by atoms with Crippen molar-refractivity contribution >= 4 is 11.3 Å². The van der Waals surface area contributed by atoms with Crippen LogP contribution in [-0.4, -0.2) is 96.3 Å². The van der Waals surface area contributed by atoms with E-state index in [0.29, 0.717) is 35.9 Å². The van der Waals surface area contributed by atoms with Crippen molar-refractivity contribution in [2.24, 2.45) is 13.0 Å². The zero-order valence-electron chi connectivity index (χ0n) is 24.0. The molecule has 1 saturated carbocycles. The van der Waals surface area contributed by atoms with E-state index in [1.165, 1.54) is 17.7 Å². The molecule has 216 valence electrons. The Morgan fingerprint density at radius 2 is 2.00 bits per heavy atom. The second kappa shape index (κ2) is 9.52. The predicted octanol–water partition coefficient (Wildman–Crippen LogP) is 2.22. The summed E-state index contributed by atoms with van der Waals surface area (Å²) < 4.78 is 9.83. The third-order valence-electron chi connectivity index (χ3n) is 9.98. The van der Waals surface area contributed by atoms with Crippen LogP contribution in [0.1, 0.15) is 29.7 Å². The smallest absolute Gasteiger partial charge is 0.138 e. The summed E-state index contributed by atoms with van der Waals surface area (Å²) in [5, 5.41) is 28.9. The molecule has 4 aromatic rings. The van der Waals surface area contributed by atoms with Crippen molar-refractivity contribution < 1.29 is 9.84 Å². The largest absolute Gasteiger partial charge is 0.491 e. The maximum atomic E-state index is 10.3. The molecule has 11 nitrogen and oxygen atoms in total. The number of nitrogens with zero attached hydrogens (tertiary/aromatic N) is 9. The number of piperidine rings is 2. The maximum absolute atomic E-state index is 10.3. The number of aryl methyl sites for hydroxylation is 1. The summed E-state index contributed by atoms with van der Waals surface area (Å²) in [6.45, 7) is 7.97. The van der Waals surface area contributed by atoms with Crippen LogP contribution in [0.15, 0.2) is 43.0 Å². The Bertz CT molecular complexity index is 1690. The van der Waals surface area contributed by atoms with Crippen molar-refractivity contribution in [3.63, 3.8) is 0 Å². The number of β-amino-alcohol motifs (C(OH)–C–C–N with tert-alkyl or cyclic N) is 1. The van der Waals surface area contributed by atoms with Gasteiger partial charge in [-0.2, -0.15) is 15.5 Å². The summed E-state index contributed by atoms with van der Waals surface area (Å²) in [4.78, 5) is 12.1. The minimum absolute atomic E-state index is 0.426. The number of aromatic nitrogens is 5. The highest BCUT2D eigenvalue weighted by Gasteiger charge is 2.58. The van der Waals surface area contributed by atoms with Gasteiger partial charge in [0.2, 0.25) is 0 Å². The van der Waals surface area contributed by atoms with Gasteiger partial charge in [0.15, 0.2) is 0 Å². The normalized spacial score (nSPS) is 26.7. The number of hydrogen-bond acceptors (Lipinski definition) is 9. The van der Waals surface area contributed by atoms with Crippen molar-refractivity contribution in [1.82, 2.24) is 34.2 Å². The third-order valence-corrected chi connectivity index (χ3v) is 9.98. The molecule has 4 aliphatic heterocycles. The topological polar surface area (TPSA) is 111 Å². The maximum Gasteiger partial charge on any atom is 0.138 e. The lowest BCUT2D eigenvalue weighted by Gasteiger charge is -2.56. The van der Waals surface area contributed by atoms with Gasteiger partial charge in [0, 0.05) is 92.9 Å². The van der Waals surface area contributed by atoms with Gasteiger partial charge in [-0.15, -0.1) is 0 Å². The second-order valence-corrected chi connectivity index (χ2v) is 12.5. The second-order valence-electron chi connectivity index (χ2n) is 12.5. The molecule has 1 N–H and O–H groups in total. The van der Waals surface area contributed by atoms with Crippen LogP contribution in [0.3, 0.4) is 0 Å². The lowest BCUT2D eigenvalue weighted by molar-refractivity contribution is -0.00884. The van der Waals surface area contributed by atoms with Crippen LogP contribution in [0.25, 0.3) is 16.6 Å². The molecule has 11 heteroatoms. The molecule has 8 heterocycles. The Morgan fingerprint density at radius 3 is 2.69 bits per heavy atom. The number of anilines is 1. The van der Waals surface area contributed by atoms with Crippen molar-refractivity contribution in [2.45, 2.75) is 44.0 Å². The Hall–Kier alpha value is -3.98. The first-order valence-electron chi connectivity index (χ1n) is 14.8. The molecule has 9 rings (SSSR count). The van der Waals surface area contributed by atoms with Crippen LogP contribution < -0.4 is 9.64 Å². The Labute approximate surface area is 244 Å². The number of aliphatic hydroxyl groups is 1. The fourth-order valence-electron chi connectivity index (χ4n) is 7.26. The molecule has 42 heavy (non-hydrogen) atoms. The molecule has 0 spiro atoms. The van der Waals surface area contributed by atoms with Gasteiger partial charge in [-0.05, 0) is 38.0 Å². The first-order valence-corrected chi connectivity index (χ1v) is 14.8. The van der Waals surface area contributed by atoms with Crippen LogP contribution in [0, 0.1) is 24.2 Å². The first kappa shape index (κ1) is 25.7. The predicted molar refractivity (Wildman–Crippen MR) is 156 cm³/mol. The van der Waals surface area contributed by atoms with Gasteiger partial charge < -0.3 is 14.7 Å². The molecule has 5 fully saturated rings. The highest BCUT2D eigenvalue weighted by molar-refractivity contribution is 5.85. The van der Waals surface area contributed by atoms with Crippen LogP contribution in [-0.2, 0) is 13.6 Å². The molecular weight excluding hydrogens is 530 g/mol. The van der Waals surface area contributed by atoms with E-state index in [-0.39, 0.29) is 0 Å². The van der Waals surface area contributed by atoms with E-state index in [1.54, 1.807) is 10.7 Å². The minimum Gasteiger partial charge on any atom is -0.491 e. The fourth-order valence-corrected chi connectivity index (χ4v) is 7.26. The molecule has 4 atom stereocenters. The number of ether oxygens (including phenoxy) is 1. The summed E-state index contributed by atoms with van der Waals surface area (Å²) in [7, 11) is 2.00. The minimum atomic E-state index is -0.457. The van der Waals surface area contributed by atoms with Gasteiger partial charge in [0.25, 0.3) is 0 Å². The number of hydrogen-bond donors (Lipinski definition) is 1. The van der Waals surface area contributed by atoms with E-state index in [4.69, 9.17) is 9.72 Å². The average molecular weight is 566 g/mol. The molecule has 4 aromatic heterocycles. The molecule has 2 bridgehead atoms. The molecule has 0 radical (unpaired) electrons. The van der Waals surface area contributed by atoms with E-state index >= 15 is 0 Å². The summed E-state index contributed by atoms with van der Waals surface area (Å²) in [6.07, 6.45) is 9.49. The summed E-state index contributed by atoms with van der Waals surface area (Å²) in [5.74, 6) is 2.10. The number of nitriles is 1. The van der Waals surface area contributed by atoms with E-state index in [1.807, 2.05) is 36.4 Å². The zero-order chi connectivity index (χ0) is 28.6. The third kappa shape index (κ3) is 4.24. The Kier molecular flexibility index (Phi) is 5.83. The van der Waals surface area contributed by atoms with Gasteiger partial charge >= 0.3 is 0 Å². The number of rotatable bonds is 8. The molecule has 5 aliphatic rings. The van der Waals surface area contributed by atoms with Crippen molar-refractivity contribution in [2.75, 3.05) is 44.2 Å². The Balaban J connectivity index is 0.974. The van der Waals surface area contributed by atoms with Crippen molar-refractivity contribution in [3.8, 4) is 22.9 Å². The van der Waals surface area contributed by atoms with Crippen LogP contribution in [0.5, 0.6) is 5.75 Å². The van der Waals surface area contributed by atoms with Gasteiger partial charge in [-0.3, -0.25) is 14.5 Å².